The second-order valence-electron chi connectivity index (χ2n) is 3.06. The first-order valence-corrected chi connectivity index (χ1v) is 3.76. The molecule has 0 fully saturated rings. The van der Waals surface area contributed by atoms with Crippen molar-refractivity contribution >= 4 is 0 Å². The minimum Gasteiger partial charge on any atom is -0.207 e. The Morgan fingerprint density at radius 1 is 0.750 bits per heavy atom. The van der Waals surface area contributed by atoms with E-state index >= 15 is 0 Å². The molecule has 0 nitrogen and oxygen atoms in total. The molecular weight excluding hydrogens is 255 g/mol. The van der Waals surface area contributed by atoms with Gasteiger partial charge in [0.15, 0.2) is 0 Å². The first kappa shape index (κ1) is 15.4. The minimum atomic E-state index is -6.59. The van der Waals surface area contributed by atoms with Gasteiger partial charge in [-0.05, 0) is 6.92 Å². The highest BCUT2D eigenvalue weighted by Crippen LogP contribution is 2.50. The van der Waals surface area contributed by atoms with Crippen LogP contribution in [0.3, 0.4) is 0 Å². The molecule has 0 saturated carbocycles. The van der Waals surface area contributed by atoms with E-state index in [2.05, 4.69) is 6.92 Å². The van der Waals surface area contributed by atoms with Gasteiger partial charge in [0.25, 0.3) is 5.92 Å². The molecule has 9 heteroatoms. The number of rotatable bonds is 4. The third kappa shape index (κ3) is 2.94. The SMILES string of the molecule is [CH2]CC(F)(F)CC(F)(F)C(F)(F)C(F)(F)F. The maximum absolute atomic E-state index is 12.4. The van der Waals surface area contributed by atoms with Gasteiger partial charge in [0, 0.05) is 6.42 Å². The Balaban J connectivity index is 5.07. The van der Waals surface area contributed by atoms with Gasteiger partial charge in [0.05, 0.1) is 6.42 Å². The van der Waals surface area contributed by atoms with E-state index in [9.17, 15) is 39.5 Å². The molecule has 0 aliphatic carbocycles. The van der Waals surface area contributed by atoms with Crippen molar-refractivity contribution in [1.29, 1.82) is 0 Å². The summed E-state index contributed by atoms with van der Waals surface area (Å²) >= 11 is 0. The molecule has 1 radical (unpaired) electrons. The van der Waals surface area contributed by atoms with Gasteiger partial charge < -0.3 is 0 Å². The van der Waals surface area contributed by atoms with E-state index in [-0.39, 0.29) is 0 Å². The highest BCUT2D eigenvalue weighted by atomic mass is 19.4. The highest BCUT2D eigenvalue weighted by Gasteiger charge is 2.74. The molecule has 0 aliphatic rings. The maximum Gasteiger partial charge on any atom is 0.459 e. The van der Waals surface area contributed by atoms with E-state index < -0.39 is 36.8 Å². The normalized spacial score (nSPS) is 15.4. The van der Waals surface area contributed by atoms with Crippen LogP contribution in [0, 0.1) is 6.92 Å². The van der Waals surface area contributed by atoms with Gasteiger partial charge in [0.1, 0.15) is 0 Å². The fourth-order valence-electron chi connectivity index (χ4n) is 0.732. The molecule has 0 atom stereocenters. The zero-order chi connectivity index (χ0) is 13.4. The molecule has 0 spiro atoms. The van der Waals surface area contributed by atoms with Gasteiger partial charge in [0.2, 0.25) is 0 Å². The Bertz CT molecular complexity index is 239. The second-order valence-corrected chi connectivity index (χ2v) is 3.06. The molecule has 0 amide bonds. The van der Waals surface area contributed by atoms with Crippen LogP contribution in [0.25, 0.3) is 0 Å². The minimum absolute atomic E-state index is 1.50. The van der Waals surface area contributed by atoms with E-state index in [1.54, 1.807) is 0 Å². The molecule has 0 unspecified atom stereocenters. The van der Waals surface area contributed by atoms with E-state index in [1.165, 1.54) is 0 Å². The fraction of sp³-hybridized carbons (Fsp3) is 0.857. The molecule has 0 aromatic rings. The molecule has 0 aromatic carbocycles. The van der Waals surface area contributed by atoms with Crippen molar-refractivity contribution in [3.63, 3.8) is 0 Å². The number of alkyl halides is 9. The molecule has 97 valence electrons. The summed E-state index contributed by atoms with van der Waals surface area (Å²) in [6, 6.07) is 0. The summed E-state index contributed by atoms with van der Waals surface area (Å²) in [4.78, 5) is 0. The average molecular weight is 261 g/mol. The summed E-state index contributed by atoms with van der Waals surface area (Å²) in [6.45, 7) is 2.48. The standard InChI is InChI=1S/C7H6F9/c1-2-4(8,9)3-5(10,11)6(12,13)7(14,15)16/h1-3H2. The fourth-order valence-corrected chi connectivity index (χ4v) is 0.732. The summed E-state index contributed by atoms with van der Waals surface area (Å²) in [5.41, 5.74) is 0. The third-order valence-electron chi connectivity index (χ3n) is 1.66. The lowest BCUT2D eigenvalue weighted by Crippen LogP contribution is -2.53. The molecule has 0 bridgehead atoms. The van der Waals surface area contributed by atoms with Crippen molar-refractivity contribution in [1.82, 2.24) is 0 Å². The number of halogens is 9. The Morgan fingerprint density at radius 3 is 1.38 bits per heavy atom. The van der Waals surface area contributed by atoms with E-state index in [0.29, 0.717) is 0 Å². The van der Waals surface area contributed by atoms with Crippen molar-refractivity contribution in [2.45, 2.75) is 36.8 Å². The number of hydrogen-bond donors (Lipinski definition) is 0. The van der Waals surface area contributed by atoms with Crippen LogP contribution < -0.4 is 0 Å². The van der Waals surface area contributed by atoms with Crippen molar-refractivity contribution in [2.24, 2.45) is 0 Å². The predicted molar refractivity (Wildman–Crippen MR) is 35.5 cm³/mol. The largest absolute Gasteiger partial charge is 0.459 e. The Morgan fingerprint density at radius 2 is 1.12 bits per heavy atom. The first-order valence-electron chi connectivity index (χ1n) is 3.76. The van der Waals surface area contributed by atoms with Crippen molar-refractivity contribution in [2.75, 3.05) is 0 Å². The molecule has 0 aliphatic heterocycles. The smallest absolute Gasteiger partial charge is 0.207 e. The second kappa shape index (κ2) is 3.99. The van der Waals surface area contributed by atoms with Gasteiger partial charge in [-0.1, -0.05) is 0 Å². The van der Waals surface area contributed by atoms with E-state index in [4.69, 9.17) is 0 Å². The van der Waals surface area contributed by atoms with E-state index in [0.717, 1.165) is 0 Å². The van der Waals surface area contributed by atoms with Crippen molar-refractivity contribution < 1.29 is 39.5 Å². The number of hydrogen-bond acceptors (Lipinski definition) is 0. The predicted octanol–water partition coefficient (Wildman–Crippen LogP) is 4.07. The van der Waals surface area contributed by atoms with Gasteiger partial charge in [-0.25, -0.2) is 8.78 Å². The monoisotopic (exact) mass is 261 g/mol. The lowest BCUT2D eigenvalue weighted by atomic mass is 10.0. The molecule has 16 heavy (non-hydrogen) atoms. The molecule has 0 rings (SSSR count). The van der Waals surface area contributed by atoms with Gasteiger partial charge in [-0.15, -0.1) is 0 Å². The highest BCUT2D eigenvalue weighted by molar-refractivity contribution is 4.94. The quantitative estimate of drug-likeness (QED) is 0.669. The van der Waals surface area contributed by atoms with Crippen molar-refractivity contribution in [3.05, 3.63) is 6.92 Å². The van der Waals surface area contributed by atoms with Crippen LogP contribution in [-0.4, -0.2) is 23.9 Å². The summed E-state index contributed by atoms with van der Waals surface area (Å²) in [5.74, 6) is -16.8. The lowest BCUT2D eigenvalue weighted by Gasteiger charge is -2.30. The van der Waals surface area contributed by atoms with Crippen LogP contribution in [0.2, 0.25) is 0 Å². The third-order valence-corrected chi connectivity index (χ3v) is 1.66. The van der Waals surface area contributed by atoms with Crippen LogP contribution in [0.1, 0.15) is 12.8 Å². The van der Waals surface area contributed by atoms with Crippen LogP contribution in [0.15, 0.2) is 0 Å². The zero-order valence-corrected chi connectivity index (χ0v) is 7.52. The summed E-state index contributed by atoms with van der Waals surface area (Å²) in [7, 11) is 0. The Hall–Kier alpha value is -0.630. The molecular formula is C7H6F9. The topological polar surface area (TPSA) is 0 Å². The molecule has 0 aromatic heterocycles. The molecule has 0 N–H and O–H groups in total. The maximum atomic E-state index is 12.4. The lowest BCUT2D eigenvalue weighted by molar-refractivity contribution is -0.362. The molecule has 0 heterocycles. The van der Waals surface area contributed by atoms with Gasteiger partial charge in [-0.2, -0.15) is 30.7 Å². The summed E-state index contributed by atoms with van der Waals surface area (Å²) in [5, 5.41) is 0. The summed E-state index contributed by atoms with van der Waals surface area (Å²) in [6.07, 6.45) is -11.0. The van der Waals surface area contributed by atoms with Crippen LogP contribution in [-0.2, 0) is 0 Å². The van der Waals surface area contributed by atoms with Crippen LogP contribution in [0.4, 0.5) is 39.5 Å². The summed E-state index contributed by atoms with van der Waals surface area (Å²) < 4.78 is 108. The van der Waals surface area contributed by atoms with Crippen molar-refractivity contribution in [3.8, 4) is 0 Å². The molecule has 0 saturated heterocycles. The Labute approximate surface area is 84.4 Å². The Kier molecular flexibility index (Phi) is 3.83. The van der Waals surface area contributed by atoms with Crippen LogP contribution >= 0.6 is 0 Å². The van der Waals surface area contributed by atoms with Gasteiger partial charge in [-0.3, -0.25) is 0 Å². The zero-order valence-electron chi connectivity index (χ0n) is 7.52. The first-order chi connectivity index (χ1) is 6.77. The van der Waals surface area contributed by atoms with Gasteiger partial charge >= 0.3 is 18.0 Å². The van der Waals surface area contributed by atoms with Crippen LogP contribution in [0.5, 0.6) is 0 Å². The van der Waals surface area contributed by atoms with E-state index in [1.807, 2.05) is 0 Å². The average Bonchev–Trinajstić information content (AvgIpc) is 2.00.